The molecule has 1 saturated heterocycles. The number of amides is 4. The van der Waals surface area contributed by atoms with Crippen molar-refractivity contribution in [3.63, 3.8) is 0 Å². The van der Waals surface area contributed by atoms with E-state index < -0.39 is 11.6 Å². The molecule has 0 saturated carbocycles. The number of carbonyl (C=O) groups excluding carboxylic acids is 3. The summed E-state index contributed by atoms with van der Waals surface area (Å²) >= 11 is 0. The highest BCUT2D eigenvalue weighted by molar-refractivity contribution is 6.07. The zero-order chi connectivity index (χ0) is 13.8. The summed E-state index contributed by atoms with van der Waals surface area (Å²) in [5.41, 5.74) is -0.973. The predicted octanol–water partition coefficient (Wildman–Crippen LogP) is -0.536. The third kappa shape index (κ3) is 4.36. The smallest absolute Gasteiger partial charge is 0.325 e. The molecule has 8 heteroatoms. The SMILES string of the molecule is CNCCCNC(=O)CN1C(=O)NC(=O)C1(C)C.Cl. The van der Waals surface area contributed by atoms with Gasteiger partial charge in [0, 0.05) is 6.54 Å². The largest absolute Gasteiger partial charge is 0.355 e. The zero-order valence-corrected chi connectivity index (χ0v) is 12.2. The fraction of sp³-hybridized carbons (Fsp3) is 0.727. The quantitative estimate of drug-likeness (QED) is 0.453. The van der Waals surface area contributed by atoms with Crippen molar-refractivity contribution in [2.24, 2.45) is 0 Å². The van der Waals surface area contributed by atoms with E-state index in [-0.39, 0.29) is 30.8 Å². The number of imide groups is 1. The third-order valence-electron chi connectivity index (χ3n) is 2.92. The van der Waals surface area contributed by atoms with E-state index in [1.807, 2.05) is 7.05 Å². The Morgan fingerprint density at radius 3 is 2.42 bits per heavy atom. The van der Waals surface area contributed by atoms with Gasteiger partial charge in [0.25, 0.3) is 5.91 Å². The van der Waals surface area contributed by atoms with E-state index in [0.29, 0.717) is 6.54 Å². The van der Waals surface area contributed by atoms with E-state index in [1.165, 1.54) is 4.90 Å². The molecule has 19 heavy (non-hydrogen) atoms. The molecule has 0 radical (unpaired) electrons. The van der Waals surface area contributed by atoms with Crippen LogP contribution in [-0.4, -0.2) is 55.0 Å². The summed E-state index contributed by atoms with van der Waals surface area (Å²) in [5.74, 6) is -0.639. The van der Waals surface area contributed by atoms with E-state index in [1.54, 1.807) is 13.8 Å². The van der Waals surface area contributed by atoms with Crippen LogP contribution in [0.5, 0.6) is 0 Å². The molecule has 1 rings (SSSR count). The van der Waals surface area contributed by atoms with Crippen LogP contribution in [0, 0.1) is 0 Å². The predicted molar refractivity (Wildman–Crippen MR) is 73.1 cm³/mol. The molecular formula is C11H21ClN4O3. The number of rotatable bonds is 6. The molecule has 3 N–H and O–H groups in total. The number of hydrogen-bond donors (Lipinski definition) is 3. The molecule has 4 amide bonds. The molecule has 0 atom stereocenters. The molecule has 0 bridgehead atoms. The number of hydrogen-bond acceptors (Lipinski definition) is 4. The number of halogens is 1. The van der Waals surface area contributed by atoms with Crippen molar-refractivity contribution in [2.75, 3.05) is 26.7 Å². The van der Waals surface area contributed by atoms with Gasteiger partial charge in [-0.25, -0.2) is 4.79 Å². The standard InChI is InChI=1S/C11H20N4O3.ClH/c1-11(2)9(17)14-10(18)15(11)7-8(16)13-6-4-5-12-3;/h12H,4-7H2,1-3H3,(H,13,16)(H,14,17,18);1H. The zero-order valence-electron chi connectivity index (χ0n) is 11.4. The Bertz CT molecular complexity index is 360. The number of carbonyl (C=O) groups is 3. The molecule has 0 aromatic carbocycles. The highest BCUT2D eigenvalue weighted by Crippen LogP contribution is 2.19. The topological polar surface area (TPSA) is 90.5 Å². The van der Waals surface area contributed by atoms with Gasteiger partial charge in [-0.05, 0) is 33.9 Å². The highest BCUT2D eigenvalue weighted by Gasteiger charge is 2.46. The van der Waals surface area contributed by atoms with Gasteiger partial charge in [0.15, 0.2) is 0 Å². The Labute approximate surface area is 118 Å². The van der Waals surface area contributed by atoms with E-state index in [0.717, 1.165) is 13.0 Å². The fourth-order valence-electron chi connectivity index (χ4n) is 1.66. The lowest BCUT2D eigenvalue weighted by atomic mass is 10.0. The van der Waals surface area contributed by atoms with Crippen LogP contribution in [0.2, 0.25) is 0 Å². The van der Waals surface area contributed by atoms with Gasteiger partial charge >= 0.3 is 6.03 Å². The van der Waals surface area contributed by atoms with Gasteiger partial charge in [-0.15, -0.1) is 12.4 Å². The van der Waals surface area contributed by atoms with E-state index in [2.05, 4.69) is 16.0 Å². The molecule has 0 aliphatic carbocycles. The minimum absolute atomic E-state index is 0. The Balaban J connectivity index is 0.00000324. The summed E-state index contributed by atoms with van der Waals surface area (Å²) in [6.07, 6.45) is 0.816. The summed E-state index contributed by atoms with van der Waals surface area (Å²) in [6, 6.07) is -0.518. The molecule has 110 valence electrons. The van der Waals surface area contributed by atoms with Crippen molar-refractivity contribution < 1.29 is 14.4 Å². The average Bonchev–Trinajstić information content (AvgIpc) is 2.48. The second-order valence-corrected chi connectivity index (χ2v) is 4.71. The Morgan fingerprint density at radius 2 is 1.95 bits per heavy atom. The maximum Gasteiger partial charge on any atom is 0.325 e. The minimum Gasteiger partial charge on any atom is -0.355 e. The molecule has 0 aromatic rings. The van der Waals surface area contributed by atoms with Crippen LogP contribution in [0.4, 0.5) is 4.79 Å². The maximum absolute atomic E-state index is 11.6. The fourth-order valence-corrected chi connectivity index (χ4v) is 1.66. The minimum atomic E-state index is -0.973. The van der Waals surface area contributed by atoms with Crippen LogP contribution in [0.25, 0.3) is 0 Å². The molecule has 7 nitrogen and oxygen atoms in total. The first-order valence-corrected chi connectivity index (χ1v) is 5.94. The van der Waals surface area contributed by atoms with Crippen LogP contribution in [0.15, 0.2) is 0 Å². The molecule has 1 aliphatic rings. The molecule has 1 aliphatic heterocycles. The van der Waals surface area contributed by atoms with Crippen LogP contribution >= 0.6 is 12.4 Å². The number of nitrogens with zero attached hydrogens (tertiary/aromatic N) is 1. The van der Waals surface area contributed by atoms with Gasteiger partial charge < -0.3 is 15.5 Å². The van der Waals surface area contributed by atoms with Crippen molar-refractivity contribution in [1.29, 1.82) is 0 Å². The molecule has 0 spiro atoms. The number of nitrogens with one attached hydrogen (secondary N) is 3. The van der Waals surface area contributed by atoms with Crippen molar-refractivity contribution >= 4 is 30.3 Å². The van der Waals surface area contributed by atoms with E-state index >= 15 is 0 Å². The molecule has 1 fully saturated rings. The average molecular weight is 293 g/mol. The first kappa shape index (κ1) is 17.7. The summed E-state index contributed by atoms with van der Waals surface area (Å²) in [5, 5.41) is 7.87. The summed E-state index contributed by atoms with van der Waals surface area (Å²) < 4.78 is 0. The van der Waals surface area contributed by atoms with Crippen molar-refractivity contribution in [2.45, 2.75) is 25.8 Å². The second-order valence-electron chi connectivity index (χ2n) is 4.71. The van der Waals surface area contributed by atoms with Crippen LogP contribution in [0.3, 0.4) is 0 Å². The normalized spacial score (nSPS) is 16.9. The lowest BCUT2D eigenvalue weighted by Crippen LogP contribution is -2.49. The molecule has 0 aromatic heterocycles. The van der Waals surface area contributed by atoms with Crippen molar-refractivity contribution in [1.82, 2.24) is 20.9 Å². The van der Waals surface area contributed by atoms with Crippen molar-refractivity contribution in [3.8, 4) is 0 Å². The van der Waals surface area contributed by atoms with Gasteiger partial charge in [0.05, 0.1) is 0 Å². The lowest BCUT2D eigenvalue weighted by molar-refractivity contribution is -0.127. The summed E-state index contributed by atoms with van der Waals surface area (Å²) in [4.78, 5) is 35.9. The van der Waals surface area contributed by atoms with E-state index in [9.17, 15) is 14.4 Å². The Morgan fingerprint density at radius 1 is 1.32 bits per heavy atom. The van der Waals surface area contributed by atoms with Gasteiger partial charge in [-0.1, -0.05) is 0 Å². The van der Waals surface area contributed by atoms with Crippen LogP contribution < -0.4 is 16.0 Å². The summed E-state index contributed by atoms with van der Waals surface area (Å²) in [7, 11) is 1.84. The summed E-state index contributed by atoms with van der Waals surface area (Å²) in [6.45, 7) is 4.48. The second kappa shape index (κ2) is 7.30. The van der Waals surface area contributed by atoms with Gasteiger partial charge in [0.2, 0.25) is 5.91 Å². The highest BCUT2D eigenvalue weighted by atomic mass is 35.5. The third-order valence-corrected chi connectivity index (χ3v) is 2.92. The lowest BCUT2D eigenvalue weighted by Gasteiger charge is -2.27. The van der Waals surface area contributed by atoms with Gasteiger partial charge in [-0.2, -0.15) is 0 Å². The Kier molecular flexibility index (Phi) is 6.78. The molecule has 1 heterocycles. The first-order valence-electron chi connectivity index (χ1n) is 5.94. The van der Waals surface area contributed by atoms with Crippen LogP contribution in [-0.2, 0) is 9.59 Å². The Hall–Kier alpha value is -1.34. The maximum atomic E-state index is 11.6. The molecule has 0 unspecified atom stereocenters. The monoisotopic (exact) mass is 292 g/mol. The van der Waals surface area contributed by atoms with Crippen molar-refractivity contribution in [3.05, 3.63) is 0 Å². The number of urea groups is 1. The van der Waals surface area contributed by atoms with Gasteiger partial charge in [0.1, 0.15) is 12.1 Å². The van der Waals surface area contributed by atoms with E-state index in [4.69, 9.17) is 0 Å². The van der Waals surface area contributed by atoms with Crippen LogP contribution in [0.1, 0.15) is 20.3 Å². The first-order chi connectivity index (χ1) is 8.39. The molecular weight excluding hydrogens is 272 g/mol. The van der Waals surface area contributed by atoms with Gasteiger partial charge in [-0.3, -0.25) is 14.9 Å².